The Morgan fingerprint density at radius 3 is 2.79 bits per heavy atom. The summed E-state index contributed by atoms with van der Waals surface area (Å²) in [5.74, 6) is -2.73. The first-order chi connectivity index (χ1) is 19.9. The van der Waals surface area contributed by atoms with Gasteiger partial charge in [0.15, 0.2) is 22.6 Å². The Labute approximate surface area is 242 Å². The first-order valence-electron chi connectivity index (χ1n) is 12.1. The molecule has 0 aliphatic carbocycles. The number of nitrogens with one attached hydrogen (secondary N) is 1. The summed E-state index contributed by atoms with van der Waals surface area (Å²) in [6, 6.07) is 0. The van der Waals surface area contributed by atoms with Gasteiger partial charge in [-0.1, -0.05) is 0 Å². The molecular formula is C20H23F2N10O7PS2. The SMILES string of the molecule is Nc1nc2c(ncn2[C@@H]2S[C@H](CO)[C@@H](F)[C@H]2OP(O)(=S)OC[C@H]2OC[C@@](F)(n3cnc4c(N)ncnc43)[C@@H]2O)c(=O)[nH]1. The molecule has 0 spiro atoms. The Morgan fingerprint density at radius 1 is 1.26 bits per heavy atom. The van der Waals surface area contributed by atoms with E-state index in [-0.39, 0.29) is 34.1 Å². The zero-order valence-electron chi connectivity index (χ0n) is 21.1. The third kappa shape index (κ3) is 4.83. The van der Waals surface area contributed by atoms with E-state index in [9.17, 15) is 19.9 Å². The molecule has 6 heterocycles. The molecule has 0 bridgehead atoms. The highest BCUT2D eigenvalue weighted by Gasteiger charge is 2.53. The highest BCUT2D eigenvalue weighted by atomic mass is 32.5. The summed E-state index contributed by atoms with van der Waals surface area (Å²) in [7, 11) is 0. The summed E-state index contributed by atoms with van der Waals surface area (Å²) < 4.78 is 50.0. The van der Waals surface area contributed by atoms with Gasteiger partial charge in [0.05, 0.1) is 31.1 Å². The van der Waals surface area contributed by atoms with E-state index in [1.165, 1.54) is 10.9 Å². The van der Waals surface area contributed by atoms with Crippen molar-refractivity contribution in [2.75, 3.05) is 31.3 Å². The molecule has 4 aromatic heterocycles. The fourth-order valence-corrected chi connectivity index (χ4v) is 7.71. The second-order valence-corrected chi connectivity index (χ2v) is 13.6. The fraction of sp³-hybridized carbons (Fsp3) is 0.500. The van der Waals surface area contributed by atoms with Crippen molar-refractivity contribution >= 4 is 64.4 Å². The van der Waals surface area contributed by atoms with Crippen LogP contribution in [0.3, 0.4) is 0 Å². The van der Waals surface area contributed by atoms with Crippen molar-refractivity contribution in [3.8, 4) is 0 Å². The number of nitrogens with two attached hydrogens (primary N) is 2. The number of aliphatic hydroxyl groups excluding tert-OH is 2. The van der Waals surface area contributed by atoms with Gasteiger partial charge in [-0.3, -0.25) is 23.4 Å². The zero-order chi connectivity index (χ0) is 30.0. The maximum absolute atomic E-state index is 16.0. The second kappa shape index (κ2) is 10.7. The predicted octanol–water partition coefficient (Wildman–Crippen LogP) is -0.931. The van der Waals surface area contributed by atoms with Crippen molar-refractivity contribution in [1.82, 2.24) is 39.0 Å². The van der Waals surface area contributed by atoms with Crippen LogP contribution in [0.25, 0.3) is 22.3 Å². The molecule has 2 saturated heterocycles. The van der Waals surface area contributed by atoms with E-state index in [0.717, 1.165) is 29.0 Å². The Balaban J connectivity index is 1.19. The third-order valence-corrected chi connectivity index (χ3v) is 9.99. The number of nitrogen functional groups attached to an aromatic ring is 2. The number of nitrogens with zero attached hydrogens (tertiary/aromatic N) is 7. The number of halogens is 2. The molecule has 22 heteroatoms. The van der Waals surface area contributed by atoms with E-state index >= 15 is 8.78 Å². The number of hydrogen-bond acceptors (Lipinski definition) is 15. The number of H-pyrrole nitrogens is 1. The Kier molecular flexibility index (Phi) is 7.43. The van der Waals surface area contributed by atoms with Crippen LogP contribution in [0.4, 0.5) is 20.5 Å². The van der Waals surface area contributed by atoms with Crippen LogP contribution in [-0.4, -0.2) is 104 Å². The van der Waals surface area contributed by atoms with Gasteiger partial charge in [0, 0.05) is 0 Å². The number of rotatable bonds is 8. The normalized spacial score (nSPS) is 31.3. The number of ether oxygens (including phenoxy) is 1. The van der Waals surface area contributed by atoms with Gasteiger partial charge in [-0.25, -0.2) is 28.7 Å². The molecule has 2 aliphatic heterocycles. The van der Waals surface area contributed by atoms with Crippen LogP contribution in [0.15, 0.2) is 23.8 Å². The summed E-state index contributed by atoms with van der Waals surface area (Å²) in [4.78, 5) is 45.2. The largest absolute Gasteiger partial charge is 0.395 e. The molecule has 6 rings (SSSR count). The molecule has 8 N–H and O–H groups in total. The molecule has 17 nitrogen and oxygen atoms in total. The van der Waals surface area contributed by atoms with E-state index in [2.05, 4.69) is 29.9 Å². The molecule has 2 fully saturated rings. The van der Waals surface area contributed by atoms with Crippen molar-refractivity contribution < 1.29 is 37.7 Å². The number of anilines is 2. The maximum Gasteiger partial charge on any atom is 0.325 e. The molecule has 4 aromatic rings. The van der Waals surface area contributed by atoms with Crippen LogP contribution in [0.2, 0.25) is 0 Å². The van der Waals surface area contributed by atoms with Crippen LogP contribution in [0.5, 0.6) is 0 Å². The van der Waals surface area contributed by atoms with Gasteiger partial charge < -0.3 is 35.8 Å². The number of thioether (sulfide) groups is 1. The minimum Gasteiger partial charge on any atom is -0.395 e. The molecule has 42 heavy (non-hydrogen) atoms. The number of imidazole rings is 2. The standard InChI is InChI=1S/C20H23F2N10O7PS2/c21-9-8(1-33)42-18(31-5-27-11-16(31)29-19(24)30-17(11)35)12(9)39-40(36,41)38-2-7-13(34)20(22,3-37-7)32-6-28-10-14(23)25-4-26-15(10)32/h4-9,12-13,18,33-34H,1-3H2,(H,36,41)(H2,23,25,26)(H3,24,29,30,35)/t7-,8-,9-,12-,13-,18-,20-,40?/m1/s1. The van der Waals surface area contributed by atoms with Gasteiger partial charge in [0.25, 0.3) is 5.56 Å². The van der Waals surface area contributed by atoms with Crippen molar-refractivity contribution in [2.45, 2.75) is 40.9 Å². The Bertz CT molecular complexity index is 1760. The quantitative estimate of drug-likeness (QED) is 0.126. The van der Waals surface area contributed by atoms with Crippen LogP contribution in [-0.2, 0) is 31.4 Å². The van der Waals surface area contributed by atoms with Gasteiger partial charge in [-0.2, -0.15) is 4.98 Å². The Morgan fingerprint density at radius 2 is 2.02 bits per heavy atom. The molecule has 226 valence electrons. The smallest absolute Gasteiger partial charge is 0.325 e. The van der Waals surface area contributed by atoms with Crippen molar-refractivity contribution in [3.63, 3.8) is 0 Å². The van der Waals surface area contributed by atoms with Crippen molar-refractivity contribution in [1.29, 1.82) is 0 Å². The summed E-state index contributed by atoms with van der Waals surface area (Å²) in [5, 5.41) is 18.5. The number of aromatic amines is 1. The number of aromatic nitrogens is 8. The van der Waals surface area contributed by atoms with Crippen LogP contribution >= 0.6 is 18.5 Å². The molecule has 0 aromatic carbocycles. The number of hydrogen-bond donors (Lipinski definition) is 6. The minimum atomic E-state index is -4.28. The Hall–Kier alpha value is -2.88. The zero-order valence-corrected chi connectivity index (χ0v) is 23.6. The molecule has 1 unspecified atom stereocenters. The van der Waals surface area contributed by atoms with Crippen LogP contribution in [0.1, 0.15) is 5.37 Å². The van der Waals surface area contributed by atoms with Gasteiger partial charge >= 0.3 is 6.72 Å². The first kappa shape index (κ1) is 29.2. The number of aliphatic hydroxyl groups is 2. The van der Waals surface area contributed by atoms with Gasteiger partial charge in [0.2, 0.25) is 11.7 Å². The van der Waals surface area contributed by atoms with Crippen LogP contribution in [0, 0.1) is 0 Å². The lowest BCUT2D eigenvalue weighted by Crippen LogP contribution is -2.43. The van der Waals surface area contributed by atoms with E-state index in [1.54, 1.807) is 0 Å². The highest BCUT2D eigenvalue weighted by Crippen LogP contribution is 2.54. The summed E-state index contributed by atoms with van der Waals surface area (Å²) in [5.41, 5.74) is 10.9. The highest BCUT2D eigenvalue weighted by molar-refractivity contribution is 8.07. The minimum absolute atomic E-state index is 0.0149. The summed E-state index contributed by atoms with van der Waals surface area (Å²) in [6.07, 6.45) is -3.09. The van der Waals surface area contributed by atoms with Gasteiger partial charge in [-0.05, 0) is 11.8 Å². The summed E-state index contributed by atoms with van der Waals surface area (Å²) >= 11 is 6.04. The van der Waals surface area contributed by atoms with Crippen molar-refractivity contribution in [2.24, 2.45) is 0 Å². The third-order valence-electron chi connectivity index (χ3n) is 6.89. The summed E-state index contributed by atoms with van der Waals surface area (Å²) in [6.45, 7) is -6.13. The lowest BCUT2D eigenvalue weighted by atomic mass is 10.1. The van der Waals surface area contributed by atoms with E-state index in [0.29, 0.717) is 0 Å². The average Bonchev–Trinajstić information content (AvgIpc) is 3.70. The molecule has 0 amide bonds. The molecule has 8 atom stereocenters. The second-order valence-electron chi connectivity index (χ2n) is 9.46. The molecular weight excluding hydrogens is 625 g/mol. The predicted molar refractivity (Wildman–Crippen MR) is 147 cm³/mol. The maximum atomic E-state index is 16.0. The fourth-order valence-electron chi connectivity index (χ4n) is 4.82. The molecule has 2 aliphatic rings. The van der Waals surface area contributed by atoms with Crippen molar-refractivity contribution in [3.05, 3.63) is 29.3 Å². The number of fused-ring (bicyclic) bond motifs is 2. The van der Waals surface area contributed by atoms with Crippen LogP contribution < -0.4 is 17.0 Å². The lowest BCUT2D eigenvalue weighted by Gasteiger charge is -2.28. The van der Waals surface area contributed by atoms with Gasteiger partial charge in [-0.15, -0.1) is 11.8 Å². The first-order valence-corrected chi connectivity index (χ1v) is 15.7. The lowest BCUT2D eigenvalue weighted by molar-refractivity contribution is -0.0462. The van der Waals surface area contributed by atoms with Gasteiger partial charge in [0.1, 0.15) is 48.3 Å². The van der Waals surface area contributed by atoms with E-state index in [4.69, 9.17) is 37.1 Å². The average molecular weight is 649 g/mol. The topological polar surface area (TPSA) is 248 Å². The monoisotopic (exact) mass is 648 g/mol. The van der Waals surface area contributed by atoms with E-state index < -0.39 is 73.0 Å². The van der Waals surface area contributed by atoms with E-state index in [1.807, 2.05) is 0 Å². The number of alkyl halides is 2. The molecule has 0 saturated carbocycles. The molecule has 0 radical (unpaired) electrons.